The molecule has 0 saturated heterocycles. The van der Waals surface area contributed by atoms with Gasteiger partial charge in [0.2, 0.25) is 0 Å². The summed E-state index contributed by atoms with van der Waals surface area (Å²) in [6.07, 6.45) is 2.99. The Kier molecular flexibility index (Phi) is 5.09. The van der Waals surface area contributed by atoms with Gasteiger partial charge in [0.25, 0.3) is 5.91 Å². The first-order chi connectivity index (χ1) is 5.18. The van der Waals surface area contributed by atoms with E-state index in [4.69, 9.17) is 6.42 Å². The van der Waals surface area contributed by atoms with Crippen molar-refractivity contribution in [2.24, 2.45) is 0 Å². The van der Waals surface area contributed by atoms with Crippen molar-refractivity contribution in [3.05, 3.63) is 0 Å². The zero-order valence-corrected chi connectivity index (χ0v) is 5.94. The van der Waals surface area contributed by atoms with Crippen LogP contribution in [0.15, 0.2) is 0 Å². The summed E-state index contributed by atoms with van der Waals surface area (Å²) in [6, 6.07) is 0. The topological polar surface area (TPSA) is 29.1 Å². The number of nitrogens with one attached hydrogen (secondary N) is 1. The van der Waals surface area contributed by atoms with Gasteiger partial charge in [-0.3, -0.25) is 4.79 Å². The van der Waals surface area contributed by atoms with Gasteiger partial charge in [-0.15, -0.1) is 12.3 Å². The number of unbranched alkanes of at least 4 members (excludes halogenated alkanes) is 1. The predicted octanol–water partition coefficient (Wildman–Crippen LogP) is 0.781. The zero-order chi connectivity index (χ0) is 8.69. The number of hydrogen-bond donors (Lipinski definition) is 1. The van der Waals surface area contributed by atoms with Crippen LogP contribution in [-0.4, -0.2) is 18.9 Å². The van der Waals surface area contributed by atoms with Crippen LogP contribution < -0.4 is 5.32 Å². The van der Waals surface area contributed by atoms with Crippen molar-refractivity contribution in [3.8, 4) is 12.3 Å². The van der Waals surface area contributed by atoms with Crippen LogP contribution in [0.1, 0.15) is 12.8 Å². The molecule has 11 heavy (non-hydrogen) atoms. The van der Waals surface area contributed by atoms with E-state index in [1.165, 1.54) is 0 Å². The maximum absolute atomic E-state index is 11.5. The molecular formula is C7H9F2NO. The Morgan fingerprint density at radius 2 is 2.27 bits per heavy atom. The van der Waals surface area contributed by atoms with Crippen molar-refractivity contribution in [1.82, 2.24) is 5.32 Å². The smallest absolute Gasteiger partial charge is 0.315 e. The van der Waals surface area contributed by atoms with Crippen LogP contribution in [0.25, 0.3) is 0 Å². The Balaban J connectivity index is 3.26. The van der Waals surface area contributed by atoms with Gasteiger partial charge in [0.1, 0.15) is 0 Å². The van der Waals surface area contributed by atoms with Crippen LogP contribution in [0.5, 0.6) is 0 Å². The van der Waals surface area contributed by atoms with Gasteiger partial charge in [-0.2, -0.15) is 8.78 Å². The first kappa shape index (κ1) is 9.89. The van der Waals surface area contributed by atoms with Crippen LogP contribution in [-0.2, 0) is 4.79 Å². The molecule has 0 aromatic heterocycles. The standard InChI is InChI=1S/C7H9F2NO/c1-2-3-4-5-10-7(11)6(8)9/h1,6H,3-5H2,(H,10,11). The van der Waals surface area contributed by atoms with Crippen LogP contribution in [0.4, 0.5) is 8.78 Å². The predicted molar refractivity (Wildman–Crippen MR) is 37.1 cm³/mol. The van der Waals surface area contributed by atoms with Crippen LogP contribution in [0, 0.1) is 12.3 Å². The monoisotopic (exact) mass is 161 g/mol. The van der Waals surface area contributed by atoms with Gasteiger partial charge >= 0.3 is 6.43 Å². The molecule has 0 bridgehead atoms. The zero-order valence-electron chi connectivity index (χ0n) is 5.94. The van der Waals surface area contributed by atoms with Gasteiger partial charge in [-0.25, -0.2) is 0 Å². The molecule has 2 nitrogen and oxygen atoms in total. The summed E-state index contributed by atoms with van der Waals surface area (Å²) in [5, 5.41) is 2.03. The Morgan fingerprint density at radius 3 is 2.73 bits per heavy atom. The summed E-state index contributed by atoms with van der Waals surface area (Å²) in [7, 11) is 0. The largest absolute Gasteiger partial charge is 0.351 e. The molecule has 1 amide bonds. The highest BCUT2D eigenvalue weighted by Crippen LogP contribution is 1.91. The molecule has 0 aliphatic heterocycles. The summed E-state index contributed by atoms with van der Waals surface area (Å²) in [5.74, 6) is 1.10. The van der Waals surface area contributed by atoms with E-state index in [0.29, 0.717) is 12.8 Å². The number of terminal acetylenes is 1. The van der Waals surface area contributed by atoms with Gasteiger partial charge in [0, 0.05) is 13.0 Å². The molecule has 4 heteroatoms. The lowest BCUT2D eigenvalue weighted by Gasteiger charge is -2.00. The molecule has 0 atom stereocenters. The lowest BCUT2D eigenvalue weighted by molar-refractivity contribution is -0.131. The molecule has 0 fully saturated rings. The lowest BCUT2D eigenvalue weighted by atomic mass is 10.3. The first-order valence-corrected chi connectivity index (χ1v) is 3.18. The molecule has 0 heterocycles. The fourth-order valence-corrected chi connectivity index (χ4v) is 0.479. The summed E-state index contributed by atoms with van der Waals surface area (Å²) >= 11 is 0. The number of carbonyl (C=O) groups is 1. The van der Waals surface area contributed by atoms with E-state index in [1.807, 2.05) is 5.32 Å². The van der Waals surface area contributed by atoms with E-state index in [0.717, 1.165) is 0 Å². The number of hydrogen-bond acceptors (Lipinski definition) is 1. The van der Waals surface area contributed by atoms with Crippen molar-refractivity contribution in [2.75, 3.05) is 6.54 Å². The van der Waals surface area contributed by atoms with Gasteiger partial charge in [-0.05, 0) is 6.42 Å². The fraction of sp³-hybridized carbons (Fsp3) is 0.571. The molecule has 62 valence electrons. The van der Waals surface area contributed by atoms with Gasteiger partial charge in [0.05, 0.1) is 0 Å². The second-order valence-corrected chi connectivity index (χ2v) is 1.90. The molecule has 0 saturated carbocycles. The van der Waals surface area contributed by atoms with E-state index in [9.17, 15) is 13.6 Å². The van der Waals surface area contributed by atoms with Crippen molar-refractivity contribution in [3.63, 3.8) is 0 Å². The maximum Gasteiger partial charge on any atom is 0.315 e. The minimum Gasteiger partial charge on any atom is -0.351 e. The van der Waals surface area contributed by atoms with E-state index in [2.05, 4.69) is 5.92 Å². The minimum absolute atomic E-state index is 0.216. The van der Waals surface area contributed by atoms with Gasteiger partial charge in [-0.1, -0.05) is 0 Å². The third kappa shape index (κ3) is 5.34. The molecule has 1 N–H and O–H groups in total. The molecule has 0 radical (unpaired) electrons. The highest BCUT2D eigenvalue weighted by atomic mass is 19.3. The molecule has 0 rings (SSSR count). The molecular weight excluding hydrogens is 152 g/mol. The second-order valence-electron chi connectivity index (χ2n) is 1.90. The number of alkyl halides is 2. The van der Waals surface area contributed by atoms with E-state index in [-0.39, 0.29) is 6.54 Å². The maximum atomic E-state index is 11.5. The molecule has 0 aliphatic carbocycles. The molecule has 0 aromatic rings. The van der Waals surface area contributed by atoms with E-state index < -0.39 is 12.3 Å². The number of carbonyl (C=O) groups excluding carboxylic acids is 1. The second kappa shape index (κ2) is 5.66. The third-order valence-electron chi connectivity index (χ3n) is 0.995. The average molecular weight is 161 g/mol. The van der Waals surface area contributed by atoms with Gasteiger partial charge < -0.3 is 5.32 Å². The van der Waals surface area contributed by atoms with Crippen LogP contribution in [0.2, 0.25) is 0 Å². The number of halogens is 2. The molecule has 0 spiro atoms. The summed E-state index contributed by atoms with van der Waals surface area (Å²) in [6.45, 7) is 0.216. The summed E-state index contributed by atoms with van der Waals surface area (Å²) in [4.78, 5) is 10.2. The summed E-state index contributed by atoms with van der Waals surface area (Å²) in [5.41, 5.74) is 0. The molecule has 0 aliphatic rings. The Hall–Kier alpha value is -1.11. The van der Waals surface area contributed by atoms with E-state index >= 15 is 0 Å². The SMILES string of the molecule is C#CCCCNC(=O)C(F)F. The summed E-state index contributed by atoms with van der Waals surface area (Å²) < 4.78 is 23.0. The Morgan fingerprint density at radius 1 is 1.64 bits per heavy atom. The van der Waals surface area contributed by atoms with E-state index in [1.54, 1.807) is 0 Å². The first-order valence-electron chi connectivity index (χ1n) is 3.18. The van der Waals surface area contributed by atoms with Crippen molar-refractivity contribution in [1.29, 1.82) is 0 Å². The average Bonchev–Trinajstić information content (AvgIpc) is 1.97. The minimum atomic E-state index is -2.93. The van der Waals surface area contributed by atoms with Crippen molar-refractivity contribution in [2.45, 2.75) is 19.3 Å². The highest BCUT2D eigenvalue weighted by Gasteiger charge is 2.12. The van der Waals surface area contributed by atoms with Crippen molar-refractivity contribution >= 4 is 5.91 Å². The van der Waals surface area contributed by atoms with Gasteiger partial charge in [0.15, 0.2) is 0 Å². The fourth-order valence-electron chi connectivity index (χ4n) is 0.479. The van der Waals surface area contributed by atoms with Crippen LogP contribution in [0.3, 0.4) is 0 Å². The number of rotatable bonds is 4. The Labute approximate surface area is 64.0 Å². The van der Waals surface area contributed by atoms with Crippen molar-refractivity contribution < 1.29 is 13.6 Å². The highest BCUT2D eigenvalue weighted by molar-refractivity contribution is 5.78. The Bertz CT molecular complexity index is 162. The normalized spacial score (nSPS) is 9.27. The molecule has 0 aromatic carbocycles. The number of amides is 1. The molecule has 0 unspecified atom stereocenters. The quantitative estimate of drug-likeness (QED) is 0.479. The third-order valence-corrected chi connectivity index (χ3v) is 0.995. The lowest BCUT2D eigenvalue weighted by Crippen LogP contribution is -2.30. The van der Waals surface area contributed by atoms with Crippen LogP contribution >= 0.6 is 0 Å².